The molecule has 1 fully saturated rings. The Balaban J connectivity index is 1.73. The number of amides is 1. The minimum Gasteiger partial charge on any atom is -0.492 e. The smallest absolute Gasteiger partial charge is 0.246 e. The molecule has 0 aromatic heterocycles. The van der Waals surface area contributed by atoms with Crippen molar-refractivity contribution in [3.8, 4) is 5.75 Å². The van der Waals surface area contributed by atoms with Crippen molar-refractivity contribution in [2.24, 2.45) is 5.92 Å². The lowest BCUT2D eigenvalue weighted by atomic mass is 10.0. The van der Waals surface area contributed by atoms with Gasteiger partial charge < -0.3 is 4.74 Å². The summed E-state index contributed by atoms with van der Waals surface area (Å²) in [4.78, 5) is 13.7. The van der Waals surface area contributed by atoms with Gasteiger partial charge in [-0.05, 0) is 50.0 Å². The Bertz CT molecular complexity index is 455. The zero-order valence-electron chi connectivity index (χ0n) is 13.3. The van der Waals surface area contributed by atoms with Crippen molar-refractivity contribution >= 4 is 5.91 Å². The van der Waals surface area contributed by atoms with Crippen LogP contribution in [0.25, 0.3) is 0 Å². The first kappa shape index (κ1) is 16.8. The van der Waals surface area contributed by atoms with Crippen molar-refractivity contribution in [3.05, 3.63) is 29.8 Å². The van der Waals surface area contributed by atoms with E-state index in [4.69, 9.17) is 9.94 Å². The molecule has 1 aliphatic rings. The molecule has 1 unspecified atom stereocenters. The molecule has 1 aromatic rings. The molecule has 1 amide bonds. The van der Waals surface area contributed by atoms with Gasteiger partial charge in [0.05, 0.1) is 0 Å². The first-order chi connectivity index (χ1) is 10.7. The van der Waals surface area contributed by atoms with Gasteiger partial charge in [0, 0.05) is 12.5 Å². The number of carbonyl (C=O) groups excluding carboxylic acids is 1. The van der Waals surface area contributed by atoms with Gasteiger partial charge in [-0.15, -0.1) is 0 Å². The number of nitrogens with zero attached hydrogens (tertiary/aromatic N) is 1. The van der Waals surface area contributed by atoms with Crippen LogP contribution in [-0.2, 0) is 11.2 Å². The van der Waals surface area contributed by atoms with Crippen LogP contribution in [0, 0.1) is 5.92 Å². The van der Waals surface area contributed by atoms with Gasteiger partial charge in [0.1, 0.15) is 12.4 Å². The van der Waals surface area contributed by atoms with Crippen molar-refractivity contribution in [3.63, 3.8) is 0 Å². The molecule has 0 aliphatic carbocycles. The molecule has 0 bridgehead atoms. The van der Waals surface area contributed by atoms with Crippen LogP contribution in [-0.4, -0.2) is 42.3 Å². The summed E-state index contributed by atoms with van der Waals surface area (Å²) in [6.07, 6.45) is 4.55. The quantitative estimate of drug-likeness (QED) is 0.599. The molecule has 0 spiro atoms. The third kappa shape index (κ3) is 5.31. The predicted molar refractivity (Wildman–Crippen MR) is 85.0 cm³/mol. The van der Waals surface area contributed by atoms with Crippen molar-refractivity contribution in [2.75, 3.05) is 26.2 Å². The summed E-state index contributed by atoms with van der Waals surface area (Å²) in [5, 5.41) is 8.61. The average molecular weight is 306 g/mol. The van der Waals surface area contributed by atoms with Gasteiger partial charge in [-0.2, -0.15) is 0 Å². The van der Waals surface area contributed by atoms with E-state index in [1.807, 2.05) is 24.3 Å². The molecule has 5 nitrogen and oxygen atoms in total. The molecule has 1 aromatic carbocycles. The second kappa shape index (κ2) is 8.76. The maximum atomic E-state index is 11.3. The summed E-state index contributed by atoms with van der Waals surface area (Å²) in [7, 11) is 0. The first-order valence-corrected chi connectivity index (χ1v) is 8.07. The molecule has 0 radical (unpaired) electrons. The van der Waals surface area contributed by atoms with E-state index >= 15 is 0 Å². The lowest BCUT2D eigenvalue weighted by Gasteiger charge is -2.26. The van der Waals surface area contributed by atoms with Gasteiger partial charge in [-0.1, -0.05) is 25.5 Å². The van der Waals surface area contributed by atoms with Crippen LogP contribution in [0.2, 0.25) is 0 Å². The SMILES string of the molecule is CC(Cc1ccc(OCCN2CCCCC2)cc1)C(=O)NO. The summed E-state index contributed by atoms with van der Waals surface area (Å²) >= 11 is 0. The van der Waals surface area contributed by atoms with Crippen molar-refractivity contribution in [2.45, 2.75) is 32.6 Å². The van der Waals surface area contributed by atoms with E-state index in [0.29, 0.717) is 13.0 Å². The lowest BCUT2D eigenvalue weighted by Crippen LogP contribution is -2.33. The lowest BCUT2D eigenvalue weighted by molar-refractivity contribution is -0.132. The number of nitrogens with one attached hydrogen (secondary N) is 1. The third-order valence-corrected chi connectivity index (χ3v) is 4.15. The highest BCUT2D eigenvalue weighted by atomic mass is 16.5. The second-order valence-corrected chi connectivity index (χ2v) is 5.98. The topological polar surface area (TPSA) is 61.8 Å². The van der Waals surface area contributed by atoms with Gasteiger partial charge in [-0.3, -0.25) is 14.9 Å². The Kier molecular flexibility index (Phi) is 6.68. The molecule has 1 atom stereocenters. The molecule has 122 valence electrons. The van der Waals surface area contributed by atoms with E-state index in [1.54, 1.807) is 12.4 Å². The Labute approximate surface area is 132 Å². The number of hydrogen-bond donors (Lipinski definition) is 2. The van der Waals surface area contributed by atoms with Crippen LogP contribution in [0.5, 0.6) is 5.75 Å². The highest BCUT2D eigenvalue weighted by Crippen LogP contribution is 2.15. The van der Waals surface area contributed by atoms with Gasteiger partial charge in [0.2, 0.25) is 5.91 Å². The van der Waals surface area contributed by atoms with Crippen LogP contribution in [0.3, 0.4) is 0 Å². The van der Waals surface area contributed by atoms with Crippen molar-refractivity contribution in [1.82, 2.24) is 10.4 Å². The number of hydroxylamine groups is 1. The minimum atomic E-state index is -0.359. The maximum Gasteiger partial charge on any atom is 0.246 e. The third-order valence-electron chi connectivity index (χ3n) is 4.15. The number of piperidine rings is 1. The van der Waals surface area contributed by atoms with E-state index < -0.39 is 0 Å². The standard InChI is InChI=1S/C17H26N2O3/c1-14(17(20)18-21)13-15-5-7-16(8-6-15)22-12-11-19-9-3-2-4-10-19/h5-8,14,21H,2-4,9-13H2,1H3,(H,18,20). The molecule has 2 rings (SSSR count). The van der Waals surface area contributed by atoms with Gasteiger partial charge >= 0.3 is 0 Å². The fourth-order valence-corrected chi connectivity index (χ4v) is 2.75. The second-order valence-electron chi connectivity index (χ2n) is 5.98. The Morgan fingerprint density at radius 2 is 1.95 bits per heavy atom. The van der Waals surface area contributed by atoms with E-state index in [9.17, 15) is 4.79 Å². The monoisotopic (exact) mass is 306 g/mol. The predicted octanol–water partition coefficient (Wildman–Crippen LogP) is 2.24. The molecule has 2 N–H and O–H groups in total. The van der Waals surface area contributed by atoms with Gasteiger partial charge in [0.15, 0.2) is 0 Å². The zero-order chi connectivity index (χ0) is 15.8. The molecule has 1 saturated heterocycles. The molecular formula is C17H26N2O3. The highest BCUT2D eigenvalue weighted by molar-refractivity contribution is 5.77. The number of ether oxygens (including phenoxy) is 1. The number of hydrogen-bond acceptors (Lipinski definition) is 4. The molecule has 1 aliphatic heterocycles. The summed E-state index contributed by atoms with van der Waals surface area (Å²) in [5.74, 6) is 0.248. The van der Waals surface area contributed by atoms with Crippen LogP contribution in [0.15, 0.2) is 24.3 Å². The summed E-state index contributed by atoms with van der Waals surface area (Å²) < 4.78 is 5.78. The number of likely N-dealkylation sites (tertiary alicyclic amines) is 1. The normalized spacial score (nSPS) is 17.0. The van der Waals surface area contributed by atoms with E-state index in [2.05, 4.69) is 4.90 Å². The van der Waals surface area contributed by atoms with Crippen molar-refractivity contribution in [1.29, 1.82) is 0 Å². The molecule has 5 heteroatoms. The van der Waals surface area contributed by atoms with E-state index in [0.717, 1.165) is 17.9 Å². The number of carbonyl (C=O) groups is 1. The molecular weight excluding hydrogens is 280 g/mol. The minimum absolute atomic E-state index is 0.254. The first-order valence-electron chi connectivity index (χ1n) is 8.07. The Hall–Kier alpha value is -1.59. The van der Waals surface area contributed by atoms with Gasteiger partial charge in [-0.25, -0.2) is 5.48 Å². The summed E-state index contributed by atoms with van der Waals surface area (Å²) in [5.41, 5.74) is 2.74. The van der Waals surface area contributed by atoms with Crippen molar-refractivity contribution < 1.29 is 14.7 Å². The number of rotatable bonds is 7. The molecule has 0 saturated carbocycles. The summed E-state index contributed by atoms with van der Waals surface area (Å²) in [6.45, 7) is 5.85. The number of benzene rings is 1. The highest BCUT2D eigenvalue weighted by Gasteiger charge is 2.12. The Morgan fingerprint density at radius 1 is 1.27 bits per heavy atom. The summed E-state index contributed by atoms with van der Waals surface area (Å²) in [6, 6.07) is 7.82. The van der Waals surface area contributed by atoms with Crippen LogP contribution in [0.1, 0.15) is 31.7 Å². The van der Waals surface area contributed by atoms with E-state index in [-0.39, 0.29) is 11.8 Å². The molecule has 22 heavy (non-hydrogen) atoms. The molecule has 1 heterocycles. The van der Waals surface area contributed by atoms with Gasteiger partial charge in [0.25, 0.3) is 0 Å². The maximum absolute atomic E-state index is 11.3. The average Bonchev–Trinajstić information content (AvgIpc) is 2.56. The zero-order valence-corrected chi connectivity index (χ0v) is 13.3. The van der Waals surface area contributed by atoms with E-state index in [1.165, 1.54) is 32.4 Å². The largest absolute Gasteiger partial charge is 0.492 e. The Morgan fingerprint density at radius 3 is 2.59 bits per heavy atom. The van der Waals surface area contributed by atoms with Crippen LogP contribution < -0.4 is 10.2 Å². The van der Waals surface area contributed by atoms with Crippen LogP contribution >= 0.6 is 0 Å². The fourth-order valence-electron chi connectivity index (χ4n) is 2.75. The fraction of sp³-hybridized carbons (Fsp3) is 0.588. The van der Waals surface area contributed by atoms with Crippen LogP contribution in [0.4, 0.5) is 0 Å².